The number of aromatic nitrogens is 2. The topological polar surface area (TPSA) is 82.6 Å². The number of carbonyl (C=O) groups excluding carboxylic acids is 1. The summed E-state index contributed by atoms with van der Waals surface area (Å²) in [6, 6.07) is 6.53. The summed E-state index contributed by atoms with van der Waals surface area (Å²) >= 11 is 6.42. The molecule has 1 saturated heterocycles. The number of halogens is 1. The Bertz CT molecular complexity index is 941. The summed E-state index contributed by atoms with van der Waals surface area (Å²) in [6.45, 7) is 13.0. The molecule has 1 amide bonds. The monoisotopic (exact) mass is 462 g/mol. The number of nitrogen functional groups attached to an aromatic ring is 1. The summed E-state index contributed by atoms with van der Waals surface area (Å²) in [7, 11) is -1.14. The zero-order chi connectivity index (χ0) is 22.6. The van der Waals surface area contributed by atoms with Crippen molar-refractivity contribution in [1.29, 1.82) is 0 Å². The van der Waals surface area contributed by atoms with Crippen LogP contribution < -0.4 is 5.73 Å². The van der Waals surface area contributed by atoms with Crippen LogP contribution in [-0.4, -0.2) is 54.8 Å². The van der Waals surface area contributed by atoms with Gasteiger partial charge in [-0.3, -0.25) is 9.36 Å². The first-order valence-corrected chi connectivity index (χ1v) is 14.5. The number of nitrogens with two attached hydrogens (primary N) is 1. The second-order valence-corrected chi connectivity index (χ2v) is 15.0. The number of amides is 1. The predicted octanol–water partition coefficient (Wildman–Crippen LogP) is 4.18. The average molecular weight is 463 g/mol. The Hall–Kier alpha value is -2.13. The van der Waals surface area contributed by atoms with Gasteiger partial charge in [-0.15, -0.1) is 0 Å². The van der Waals surface area contributed by atoms with E-state index < -0.39 is 8.07 Å². The number of carbonyl (C=O) groups is 1. The molecule has 2 heterocycles. The number of anilines is 1. The molecular formula is C22H31ClN4O3Si. The highest BCUT2D eigenvalue weighted by Gasteiger charge is 2.28. The van der Waals surface area contributed by atoms with Crippen molar-refractivity contribution in [1.82, 2.24) is 14.5 Å². The number of imidazole rings is 1. The lowest BCUT2D eigenvalue weighted by Gasteiger charge is -2.35. The van der Waals surface area contributed by atoms with Crippen molar-refractivity contribution >= 4 is 31.5 Å². The lowest BCUT2D eigenvalue weighted by Crippen LogP contribution is -2.42. The molecular weight excluding hydrogens is 432 g/mol. The van der Waals surface area contributed by atoms with Gasteiger partial charge < -0.3 is 20.1 Å². The van der Waals surface area contributed by atoms with Gasteiger partial charge >= 0.3 is 0 Å². The number of hydrogen-bond acceptors (Lipinski definition) is 5. The van der Waals surface area contributed by atoms with E-state index in [9.17, 15) is 4.79 Å². The number of nitrogens with zero attached hydrogens (tertiary/aromatic N) is 3. The van der Waals surface area contributed by atoms with E-state index in [1.165, 1.54) is 6.08 Å². The third-order valence-electron chi connectivity index (χ3n) is 5.22. The predicted molar refractivity (Wildman–Crippen MR) is 127 cm³/mol. The summed E-state index contributed by atoms with van der Waals surface area (Å²) in [5.41, 5.74) is 8.52. The Morgan fingerprint density at radius 1 is 1.42 bits per heavy atom. The highest BCUT2D eigenvalue weighted by Crippen LogP contribution is 2.32. The molecule has 3 rings (SSSR count). The molecule has 0 unspecified atom stereocenters. The molecule has 9 heteroatoms. The fraction of sp³-hybridized carbons (Fsp3) is 0.455. The van der Waals surface area contributed by atoms with Gasteiger partial charge in [0.05, 0.1) is 24.9 Å². The molecule has 7 nitrogen and oxygen atoms in total. The lowest BCUT2D eigenvalue weighted by atomic mass is 10.0. The van der Waals surface area contributed by atoms with Crippen LogP contribution in [0, 0.1) is 0 Å². The third kappa shape index (κ3) is 6.19. The Morgan fingerprint density at radius 2 is 2.19 bits per heavy atom. The summed E-state index contributed by atoms with van der Waals surface area (Å²) in [6.07, 6.45) is 3.19. The van der Waals surface area contributed by atoms with Crippen LogP contribution in [0.15, 0.2) is 37.1 Å². The molecule has 31 heavy (non-hydrogen) atoms. The first-order valence-electron chi connectivity index (χ1n) is 10.4. The largest absolute Gasteiger partial charge is 0.377 e. The summed E-state index contributed by atoms with van der Waals surface area (Å²) in [4.78, 5) is 18.5. The normalized spacial score (nSPS) is 17.0. The molecule has 168 valence electrons. The van der Waals surface area contributed by atoms with Crippen LogP contribution in [-0.2, 0) is 21.0 Å². The maximum Gasteiger partial charge on any atom is 0.246 e. The molecule has 1 atom stereocenters. The van der Waals surface area contributed by atoms with Crippen molar-refractivity contribution in [2.75, 3.05) is 32.1 Å². The smallest absolute Gasteiger partial charge is 0.246 e. The molecule has 0 aliphatic carbocycles. The van der Waals surface area contributed by atoms with E-state index >= 15 is 0 Å². The molecule has 0 spiro atoms. The number of hydrogen-bond donors (Lipinski definition) is 1. The van der Waals surface area contributed by atoms with Gasteiger partial charge in [0, 0.05) is 38.0 Å². The zero-order valence-electron chi connectivity index (χ0n) is 18.4. The van der Waals surface area contributed by atoms with Crippen LogP contribution in [0.3, 0.4) is 0 Å². The van der Waals surface area contributed by atoms with Crippen LogP contribution in [0.25, 0.3) is 11.3 Å². The molecule has 1 aromatic heterocycles. The van der Waals surface area contributed by atoms with Gasteiger partial charge in [-0.25, -0.2) is 4.98 Å². The fourth-order valence-corrected chi connectivity index (χ4v) is 4.43. The van der Waals surface area contributed by atoms with Crippen LogP contribution in [0.5, 0.6) is 0 Å². The lowest BCUT2D eigenvalue weighted by molar-refractivity contribution is -0.134. The minimum absolute atomic E-state index is 0.126. The van der Waals surface area contributed by atoms with E-state index in [2.05, 4.69) is 31.2 Å². The van der Waals surface area contributed by atoms with Crippen LogP contribution in [0.4, 0.5) is 5.95 Å². The van der Waals surface area contributed by atoms with Gasteiger partial charge in [0.2, 0.25) is 11.9 Å². The van der Waals surface area contributed by atoms with Gasteiger partial charge in [0.15, 0.2) is 0 Å². The van der Waals surface area contributed by atoms with Crippen LogP contribution in [0.2, 0.25) is 30.7 Å². The number of benzene rings is 1. The quantitative estimate of drug-likeness (QED) is 0.361. The molecule has 1 aliphatic heterocycles. The second kappa shape index (κ2) is 9.99. The minimum atomic E-state index is -1.14. The highest BCUT2D eigenvalue weighted by molar-refractivity contribution is 6.76. The maximum absolute atomic E-state index is 12.3. The van der Waals surface area contributed by atoms with Crippen molar-refractivity contribution in [3.8, 4) is 11.3 Å². The first-order chi connectivity index (χ1) is 14.7. The van der Waals surface area contributed by atoms with Gasteiger partial charge in [-0.05, 0) is 35.9 Å². The highest BCUT2D eigenvalue weighted by atomic mass is 35.5. The zero-order valence-corrected chi connectivity index (χ0v) is 20.2. The number of morpholine rings is 1. The minimum Gasteiger partial charge on any atom is -0.377 e. The molecule has 0 saturated carbocycles. The Kier molecular flexibility index (Phi) is 7.58. The number of rotatable bonds is 8. The standard InChI is InChI=1S/C22H31ClN4O3Si/c1-5-21(28)27-6-7-29-14-20(27)17-10-16(11-18(23)12-17)19-13-26(22(24)25-19)15-30-8-9-31(2,3)4/h5,10-13,20H,1,6-9,14-15H2,2-4H3,(H2,24,25)/t20-/m0/s1. The fourth-order valence-electron chi connectivity index (χ4n) is 3.43. The Labute approximate surface area is 189 Å². The van der Waals surface area contributed by atoms with E-state index in [1.54, 1.807) is 9.47 Å². The van der Waals surface area contributed by atoms with E-state index in [1.807, 2.05) is 24.4 Å². The molecule has 2 N–H and O–H groups in total. The Morgan fingerprint density at radius 3 is 2.90 bits per heavy atom. The van der Waals surface area contributed by atoms with Crippen molar-refractivity contribution < 1.29 is 14.3 Å². The third-order valence-corrected chi connectivity index (χ3v) is 7.14. The molecule has 1 aliphatic rings. The molecule has 0 radical (unpaired) electrons. The molecule has 1 aromatic carbocycles. The SMILES string of the molecule is C=CC(=O)N1CCOC[C@H]1c1cc(Cl)cc(-c2cn(COCC[Si](C)(C)C)c(N)n2)c1. The summed E-state index contributed by atoms with van der Waals surface area (Å²) in [5, 5.41) is 0.559. The van der Waals surface area contributed by atoms with E-state index in [0.29, 0.717) is 49.8 Å². The van der Waals surface area contributed by atoms with Crippen molar-refractivity contribution in [2.24, 2.45) is 0 Å². The molecule has 2 aromatic rings. The van der Waals surface area contributed by atoms with E-state index in [4.69, 9.17) is 26.8 Å². The van der Waals surface area contributed by atoms with Gasteiger partial charge in [-0.1, -0.05) is 37.8 Å². The molecule has 1 fully saturated rings. The van der Waals surface area contributed by atoms with Gasteiger partial charge in [-0.2, -0.15) is 0 Å². The van der Waals surface area contributed by atoms with E-state index in [0.717, 1.165) is 17.2 Å². The van der Waals surface area contributed by atoms with E-state index in [-0.39, 0.29) is 11.9 Å². The first kappa shape index (κ1) is 23.5. The Balaban J connectivity index is 1.80. The number of ether oxygens (including phenoxy) is 2. The molecule has 0 bridgehead atoms. The van der Waals surface area contributed by atoms with Crippen LogP contribution in [0.1, 0.15) is 11.6 Å². The van der Waals surface area contributed by atoms with Crippen molar-refractivity contribution in [2.45, 2.75) is 38.5 Å². The second-order valence-electron chi connectivity index (χ2n) is 8.90. The van der Waals surface area contributed by atoms with Gasteiger partial charge in [0.1, 0.15) is 6.73 Å². The van der Waals surface area contributed by atoms with Crippen molar-refractivity contribution in [3.63, 3.8) is 0 Å². The van der Waals surface area contributed by atoms with Gasteiger partial charge in [0.25, 0.3) is 0 Å². The van der Waals surface area contributed by atoms with Crippen LogP contribution >= 0.6 is 11.6 Å². The van der Waals surface area contributed by atoms with Crippen molar-refractivity contribution in [3.05, 3.63) is 47.6 Å². The average Bonchev–Trinajstić information content (AvgIpc) is 3.10. The maximum atomic E-state index is 12.3. The summed E-state index contributed by atoms with van der Waals surface area (Å²) < 4.78 is 13.2. The summed E-state index contributed by atoms with van der Waals surface area (Å²) in [5.74, 6) is 0.257.